The van der Waals surface area contributed by atoms with Crippen molar-refractivity contribution in [1.82, 2.24) is 15.2 Å². The first-order valence-electron chi connectivity index (χ1n) is 8.26. The summed E-state index contributed by atoms with van der Waals surface area (Å²) in [6, 6.07) is 9.26. The molecule has 1 unspecified atom stereocenters. The molecule has 1 atom stereocenters. The molecule has 3 rings (SSSR count). The zero-order valence-electron chi connectivity index (χ0n) is 14.0. The van der Waals surface area contributed by atoms with E-state index in [4.69, 9.17) is 0 Å². The average molecular weight is 343 g/mol. The van der Waals surface area contributed by atoms with Crippen molar-refractivity contribution < 1.29 is 19.5 Å². The third-order valence-corrected chi connectivity index (χ3v) is 4.74. The molecule has 1 aromatic carbocycles. The molecular weight excluding hydrogens is 322 g/mol. The van der Waals surface area contributed by atoms with Crippen molar-refractivity contribution in [1.29, 1.82) is 0 Å². The monoisotopic (exact) mass is 343 g/mol. The molecule has 1 aliphatic rings. The van der Waals surface area contributed by atoms with Crippen LogP contribution in [0.15, 0.2) is 30.3 Å². The lowest BCUT2D eigenvalue weighted by Crippen LogP contribution is -2.50. The Morgan fingerprint density at radius 2 is 2.08 bits per heavy atom. The van der Waals surface area contributed by atoms with E-state index in [-0.39, 0.29) is 24.9 Å². The first-order chi connectivity index (χ1) is 11.9. The van der Waals surface area contributed by atoms with Crippen molar-refractivity contribution >= 4 is 28.7 Å². The molecule has 1 aliphatic heterocycles. The van der Waals surface area contributed by atoms with Crippen molar-refractivity contribution in [2.45, 2.75) is 19.8 Å². The van der Waals surface area contributed by atoms with Gasteiger partial charge in [0.25, 0.3) is 5.91 Å². The van der Waals surface area contributed by atoms with Crippen molar-refractivity contribution in [2.75, 3.05) is 19.6 Å². The molecule has 1 aromatic heterocycles. The smallest absolute Gasteiger partial charge is 0.311 e. The minimum Gasteiger partial charge on any atom is -0.481 e. The van der Waals surface area contributed by atoms with Crippen LogP contribution in [-0.4, -0.2) is 52.4 Å². The highest BCUT2D eigenvalue weighted by molar-refractivity contribution is 5.99. The number of para-hydroxylation sites is 1. The number of benzene rings is 1. The Balaban J connectivity index is 1.60. The van der Waals surface area contributed by atoms with Crippen molar-refractivity contribution in [3.8, 4) is 0 Å². The fourth-order valence-electron chi connectivity index (χ4n) is 3.19. The summed E-state index contributed by atoms with van der Waals surface area (Å²) >= 11 is 0. The summed E-state index contributed by atoms with van der Waals surface area (Å²) in [5.41, 5.74) is 0.324. The number of nitrogens with zero attached hydrogens (tertiary/aromatic N) is 1. The Kier molecular flexibility index (Phi) is 4.48. The summed E-state index contributed by atoms with van der Waals surface area (Å²) in [6.07, 6.45) is 1.19. The highest BCUT2D eigenvalue weighted by atomic mass is 16.4. The van der Waals surface area contributed by atoms with Gasteiger partial charge in [0.2, 0.25) is 5.91 Å². The molecule has 7 nitrogen and oxygen atoms in total. The zero-order chi connectivity index (χ0) is 18.0. The van der Waals surface area contributed by atoms with Gasteiger partial charge in [-0.05, 0) is 31.9 Å². The van der Waals surface area contributed by atoms with E-state index in [1.165, 1.54) is 4.90 Å². The van der Waals surface area contributed by atoms with Gasteiger partial charge in [-0.2, -0.15) is 0 Å². The number of aromatic nitrogens is 1. The molecule has 3 N–H and O–H groups in total. The minimum absolute atomic E-state index is 0.149. The molecule has 1 fully saturated rings. The topological polar surface area (TPSA) is 102 Å². The van der Waals surface area contributed by atoms with E-state index in [0.29, 0.717) is 25.1 Å². The molecule has 0 radical (unpaired) electrons. The van der Waals surface area contributed by atoms with Crippen molar-refractivity contribution in [3.63, 3.8) is 0 Å². The summed E-state index contributed by atoms with van der Waals surface area (Å²) in [4.78, 5) is 40.5. The summed E-state index contributed by atoms with van der Waals surface area (Å²) in [5.74, 6) is -1.52. The number of piperidine rings is 1. The Bertz CT molecular complexity index is 796. The normalized spacial score (nSPS) is 20.4. The van der Waals surface area contributed by atoms with Crippen LogP contribution in [0, 0.1) is 5.41 Å². The van der Waals surface area contributed by atoms with E-state index in [0.717, 1.165) is 10.9 Å². The predicted octanol–water partition coefficient (Wildman–Crippen LogP) is 1.61. The molecule has 2 heterocycles. The molecule has 25 heavy (non-hydrogen) atoms. The van der Waals surface area contributed by atoms with Gasteiger partial charge in [0, 0.05) is 24.0 Å². The standard InChI is InChI=1S/C18H21N3O4/c1-18(17(24)25)7-4-8-21(11-18)15(22)10-19-16(23)14-9-12-5-2-3-6-13(12)20-14/h2-3,5-6,9,20H,4,7-8,10-11H2,1H3,(H,19,23)(H,24,25). The van der Waals surface area contributed by atoms with Crippen molar-refractivity contribution in [3.05, 3.63) is 36.0 Å². The van der Waals surface area contributed by atoms with Crippen LogP contribution in [0.5, 0.6) is 0 Å². The molecule has 0 saturated carbocycles. The Labute approximate surface area is 145 Å². The van der Waals surface area contributed by atoms with E-state index >= 15 is 0 Å². The van der Waals surface area contributed by atoms with Gasteiger partial charge < -0.3 is 20.3 Å². The van der Waals surface area contributed by atoms with Gasteiger partial charge in [0.15, 0.2) is 0 Å². The van der Waals surface area contributed by atoms with E-state index in [1.807, 2.05) is 24.3 Å². The number of amides is 2. The number of carbonyl (C=O) groups excluding carboxylic acids is 2. The summed E-state index contributed by atoms with van der Waals surface area (Å²) < 4.78 is 0. The zero-order valence-corrected chi connectivity index (χ0v) is 14.0. The number of aliphatic carboxylic acids is 1. The van der Waals surface area contributed by atoms with Crippen LogP contribution < -0.4 is 5.32 Å². The third kappa shape index (κ3) is 3.50. The maximum atomic E-state index is 12.3. The predicted molar refractivity (Wildman–Crippen MR) is 92.2 cm³/mol. The van der Waals surface area contributed by atoms with Gasteiger partial charge in [0.1, 0.15) is 5.69 Å². The number of nitrogens with one attached hydrogen (secondary N) is 2. The lowest BCUT2D eigenvalue weighted by atomic mass is 9.82. The number of fused-ring (bicyclic) bond motifs is 1. The summed E-state index contributed by atoms with van der Waals surface area (Å²) in [5, 5.41) is 12.8. The average Bonchev–Trinajstić information content (AvgIpc) is 3.03. The van der Waals surface area contributed by atoms with Crippen LogP contribution >= 0.6 is 0 Å². The quantitative estimate of drug-likeness (QED) is 0.785. The lowest BCUT2D eigenvalue weighted by Gasteiger charge is -2.37. The first kappa shape index (κ1) is 17.0. The van der Waals surface area contributed by atoms with Crippen LogP contribution in [0.25, 0.3) is 10.9 Å². The van der Waals surface area contributed by atoms with Gasteiger partial charge in [-0.15, -0.1) is 0 Å². The lowest BCUT2D eigenvalue weighted by molar-refractivity contribution is -0.153. The first-order valence-corrected chi connectivity index (χ1v) is 8.26. The Morgan fingerprint density at radius 3 is 2.80 bits per heavy atom. The van der Waals surface area contributed by atoms with Gasteiger partial charge >= 0.3 is 5.97 Å². The van der Waals surface area contributed by atoms with Crippen LogP contribution in [0.1, 0.15) is 30.3 Å². The highest BCUT2D eigenvalue weighted by Crippen LogP contribution is 2.29. The number of hydrogen-bond acceptors (Lipinski definition) is 3. The van der Waals surface area contributed by atoms with E-state index < -0.39 is 11.4 Å². The molecule has 132 valence electrons. The van der Waals surface area contributed by atoms with Gasteiger partial charge in [-0.3, -0.25) is 14.4 Å². The largest absolute Gasteiger partial charge is 0.481 e. The molecular formula is C18H21N3O4. The van der Waals surface area contributed by atoms with E-state index in [9.17, 15) is 19.5 Å². The fourth-order valence-corrected chi connectivity index (χ4v) is 3.19. The van der Waals surface area contributed by atoms with Crippen molar-refractivity contribution in [2.24, 2.45) is 5.41 Å². The molecule has 0 aliphatic carbocycles. The maximum Gasteiger partial charge on any atom is 0.311 e. The minimum atomic E-state index is -0.922. The summed E-state index contributed by atoms with van der Waals surface area (Å²) in [6.45, 7) is 2.19. The molecule has 2 aromatic rings. The number of H-pyrrole nitrogens is 1. The molecule has 0 bridgehead atoms. The van der Waals surface area contributed by atoms with E-state index in [1.54, 1.807) is 13.0 Å². The Morgan fingerprint density at radius 1 is 1.32 bits per heavy atom. The molecule has 7 heteroatoms. The fraction of sp³-hybridized carbons (Fsp3) is 0.389. The van der Waals surface area contributed by atoms with Gasteiger partial charge in [0.05, 0.1) is 12.0 Å². The van der Waals surface area contributed by atoms with Crippen LogP contribution in [0.4, 0.5) is 0 Å². The highest BCUT2D eigenvalue weighted by Gasteiger charge is 2.39. The van der Waals surface area contributed by atoms with Crippen LogP contribution in [0.2, 0.25) is 0 Å². The number of carboxylic acid groups (broad SMARTS) is 1. The van der Waals surface area contributed by atoms with Gasteiger partial charge in [-0.25, -0.2) is 0 Å². The second kappa shape index (κ2) is 6.58. The molecule has 1 saturated heterocycles. The second-order valence-electron chi connectivity index (χ2n) is 6.74. The molecule has 0 spiro atoms. The number of carbonyl (C=O) groups is 3. The van der Waals surface area contributed by atoms with Crippen LogP contribution in [0.3, 0.4) is 0 Å². The number of rotatable bonds is 4. The number of likely N-dealkylation sites (tertiary alicyclic amines) is 1. The van der Waals surface area contributed by atoms with Gasteiger partial charge in [-0.1, -0.05) is 18.2 Å². The third-order valence-electron chi connectivity index (χ3n) is 4.74. The number of aromatic amines is 1. The maximum absolute atomic E-state index is 12.3. The number of carboxylic acids is 1. The second-order valence-corrected chi connectivity index (χ2v) is 6.74. The molecule has 2 amide bonds. The number of hydrogen-bond donors (Lipinski definition) is 3. The summed E-state index contributed by atoms with van der Waals surface area (Å²) in [7, 11) is 0. The SMILES string of the molecule is CC1(C(=O)O)CCCN(C(=O)CNC(=O)c2cc3ccccc3[nH]2)C1. The Hall–Kier alpha value is -2.83. The van der Waals surface area contributed by atoms with Crippen LogP contribution in [-0.2, 0) is 9.59 Å². The van der Waals surface area contributed by atoms with E-state index in [2.05, 4.69) is 10.3 Å².